The molecule has 6 nitrogen and oxygen atoms in total. The van der Waals surface area contributed by atoms with Gasteiger partial charge in [-0.25, -0.2) is 0 Å². The summed E-state index contributed by atoms with van der Waals surface area (Å²) < 4.78 is 0. The summed E-state index contributed by atoms with van der Waals surface area (Å²) in [6, 6.07) is 6.60. The number of carbonyl (C=O) groups excluding carboxylic acids is 1. The highest BCUT2D eigenvalue weighted by Crippen LogP contribution is 2.15. The number of hydrogen-bond acceptors (Lipinski definition) is 3. The number of carboxylic acid groups (broad SMARTS) is 1. The fourth-order valence-electron chi connectivity index (χ4n) is 1.39. The number of anilines is 1. The van der Waals surface area contributed by atoms with Gasteiger partial charge in [0.15, 0.2) is 0 Å². The number of benzene rings is 1. The highest BCUT2D eigenvalue weighted by atomic mass is 16.4. The second-order valence-corrected chi connectivity index (χ2v) is 3.81. The van der Waals surface area contributed by atoms with E-state index in [2.05, 4.69) is 0 Å². The predicted octanol–water partition coefficient (Wildman–Crippen LogP) is 0.798. The maximum Gasteiger partial charge on any atom is 0.303 e. The van der Waals surface area contributed by atoms with Crippen LogP contribution in [-0.4, -0.2) is 29.9 Å². The zero-order chi connectivity index (χ0) is 13.7. The van der Waals surface area contributed by atoms with Gasteiger partial charge in [0.1, 0.15) is 5.84 Å². The SMILES string of the molecule is CN(C(=O)CCC(=O)O)c1ccc(C(=N)N)cc1. The molecule has 0 radical (unpaired) electrons. The van der Waals surface area contributed by atoms with E-state index in [1.54, 1.807) is 31.3 Å². The molecule has 4 N–H and O–H groups in total. The minimum absolute atomic E-state index is 0.0404. The van der Waals surface area contributed by atoms with Crippen LogP contribution in [-0.2, 0) is 9.59 Å². The van der Waals surface area contributed by atoms with Crippen LogP contribution in [0.25, 0.3) is 0 Å². The molecule has 0 unspecified atom stereocenters. The van der Waals surface area contributed by atoms with Gasteiger partial charge in [-0.1, -0.05) is 0 Å². The summed E-state index contributed by atoms with van der Waals surface area (Å²) in [7, 11) is 1.58. The van der Waals surface area contributed by atoms with Gasteiger partial charge in [-0.2, -0.15) is 0 Å². The number of carbonyl (C=O) groups is 2. The van der Waals surface area contributed by atoms with Crippen LogP contribution in [0, 0.1) is 5.41 Å². The number of rotatable bonds is 5. The van der Waals surface area contributed by atoms with E-state index in [0.29, 0.717) is 11.3 Å². The zero-order valence-electron chi connectivity index (χ0n) is 10.0. The van der Waals surface area contributed by atoms with Crippen molar-refractivity contribution in [2.24, 2.45) is 5.73 Å². The third-order valence-electron chi connectivity index (χ3n) is 2.49. The lowest BCUT2D eigenvalue weighted by Gasteiger charge is -2.17. The number of carboxylic acids is 1. The highest BCUT2D eigenvalue weighted by Gasteiger charge is 2.12. The second kappa shape index (κ2) is 5.81. The van der Waals surface area contributed by atoms with E-state index in [-0.39, 0.29) is 24.6 Å². The normalized spacial score (nSPS) is 9.83. The number of hydrogen-bond donors (Lipinski definition) is 3. The van der Waals surface area contributed by atoms with Crippen LogP contribution in [0.3, 0.4) is 0 Å². The Morgan fingerprint density at radius 3 is 2.28 bits per heavy atom. The molecule has 1 rings (SSSR count). The number of nitrogens with zero attached hydrogens (tertiary/aromatic N) is 1. The van der Waals surface area contributed by atoms with Crippen molar-refractivity contribution in [2.75, 3.05) is 11.9 Å². The largest absolute Gasteiger partial charge is 0.481 e. The van der Waals surface area contributed by atoms with Gasteiger partial charge in [-0.05, 0) is 24.3 Å². The van der Waals surface area contributed by atoms with Crippen LogP contribution < -0.4 is 10.6 Å². The van der Waals surface area contributed by atoms with Crippen molar-refractivity contribution in [3.63, 3.8) is 0 Å². The molecule has 0 saturated carbocycles. The number of amides is 1. The van der Waals surface area contributed by atoms with E-state index < -0.39 is 5.97 Å². The van der Waals surface area contributed by atoms with E-state index in [4.69, 9.17) is 16.2 Å². The first kappa shape index (κ1) is 13.7. The van der Waals surface area contributed by atoms with E-state index >= 15 is 0 Å². The van der Waals surface area contributed by atoms with Gasteiger partial charge in [-0.3, -0.25) is 15.0 Å². The molecule has 0 bridgehead atoms. The van der Waals surface area contributed by atoms with Crippen molar-refractivity contribution < 1.29 is 14.7 Å². The Labute approximate surface area is 105 Å². The van der Waals surface area contributed by atoms with E-state index in [9.17, 15) is 9.59 Å². The molecule has 0 aromatic heterocycles. The number of amidine groups is 1. The Morgan fingerprint density at radius 1 is 1.28 bits per heavy atom. The summed E-state index contributed by atoms with van der Waals surface area (Å²) >= 11 is 0. The van der Waals surface area contributed by atoms with Gasteiger partial charge in [0.2, 0.25) is 5.91 Å². The van der Waals surface area contributed by atoms with Crippen molar-refractivity contribution in [3.8, 4) is 0 Å². The van der Waals surface area contributed by atoms with Crippen molar-refractivity contribution in [2.45, 2.75) is 12.8 Å². The Bertz CT molecular complexity index is 468. The van der Waals surface area contributed by atoms with Crippen LogP contribution in [0.4, 0.5) is 5.69 Å². The van der Waals surface area contributed by atoms with Gasteiger partial charge in [-0.15, -0.1) is 0 Å². The van der Waals surface area contributed by atoms with Gasteiger partial charge >= 0.3 is 5.97 Å². The smallest absolute Gasteiger partial charge is 0.303 e. The van der Waals surface area contributed by atoms with Gasteiger partial charge in [0, 0.05) is 24.7 Å². The topological polar surface area (TPSA) is 107 Å². The van der Waals surface area contributed by atoms with Crippen molar-refractivity contribution >= 4 is 23.4 Å². The molecule has 0 spiro atoms. The first-order valence-electron chi connectivity index (χ1n) is 5.34. The fourth-order valence-corrected chi connectivity index (χ4v) is 1.39. The molecule has 0 fully saturated rings. The van der Waals surface area contributed by atoms with Crippen molar-refractivity contribution in [1.82, 2.24) is 0 Å². The Kier molecular flexibility index (Phi) is 4.42. The van der Waals surface area contributed by atoms with Crippen LogP contribution in [0.1, 0.15) is 18.4 Å². The number of aliphatic carboxylic acids is 1. The molecule has 0 aliphatic rings. The fraction of sp³-hybridized carbons (Fsp3) is 0.250. The maximum absolute atomic E-state index is 11.7. The lowest BCUT2D eigenvalue weighted by atomic mass is 10.1. The third-order valence-corrected chi connectivity index (χ3v) is 2.49. The second-order valence-electron chi connectivity index (χ2n) is 3.81. The summed E-state index contributed by atoms with van der Waals surface area (Å²) in [5, 5.41) is 15.7. The van der Waals surface area contributed by atoms with E-state index in [0.717, 1.165) is 0 Å². The maximum atomic E-state index is 11.7. The number of nitrogens with one attached hydrogen (secondary N) is 1. The molecular weight excluding hydrogens is 234 g/mol. The summed E-state index contributed by atoms with van der Waals surface area (Å²) in [6.07, 6.45) is -0.227. The first-order chi connectivity index (χ1) is 8.41. The first-order valence-corrected chi connectivity index (χ1v) is 5.34. The molecular formula is C12H15N3O3. The van der Waals surface area contributed by atoms with Crippen LogP contribution >= 0.6 is 0 Å². The summed E-state index contributed by atoms with van der Waals surface area (Å²) in [4.78, 5) is 23.4. The lowest BCUT2D eigenvalue weighted by molar-refractivity contribution is -0.138. The van der Waals surface area contributed by atoms with E-state index in [1.807, 2.05) is 0 Å². The van der Waals surface area contributed by atoms with Crippen molar-refractivity contribution in [1.29, 1.82) is 5.41 Å². The quantitative estimate of drug-likeness (QED) is 0.529. The summed E-state index contributed by atoms with van der Waals surface area (Å²) in [6.45, 7) is 0. The molecule has 0 heterocycles. The third kappa shape index (κ3) is 3.58. The zero-order valence-corrected chi connectivity index (χ0v) is 10.0. The average Bonchev–Trinajstić information content (AvgIpc) is 2.35. The van der Waals surface area contributed by atoms with Crippen molar-refractivity contribution in [3.05, 3.63) is 29.8 Å². The minimum atomic E-state index is -0.997. The molecule has 96 valence electrons. The van der Waals surface area contributed by atoms with Crippen LogP contribution in [0.5, 0.6) is 0 Å². The van der Waals surface area contributed by atoms with Crippen LogP contribution in [0.15, 0.2) is 24.3 Å². The van der Waals surface area contributed by atoms with E-state index in [1.165, 1.54) is 4.90 Å². The molecule has 1 amide bonds. The van der Waals surface area contributed by atoms with Crippen LogP contribution in [0.2, 0.25) is 0 Å². The Balaban J connectivity index is 2.71. The standard InChI is InChI=1S/C12H15N3O3/c1-15(10(16)6-7-11(17)18)9-4-2-8(3-5-9)12(13)14/h2-5H,6-7H2,1H3,(H3,13,14)(H,17,18). The molecule has 0 aliphatic heterocycles. The lowest BCUT2D eigenvalue weighted by Crippen LogP contribution is -2.26. The van der Waals surface area contributed by atoms with Gasteiger partial charge < -0.3 is 15.7 Å². The average molecular weight is 249 g/mol. The molecule has 6 heteroatoms. The minimum Gasteiger partial charge on any atom is -0.481 e. The molecule has 0 saturated heterocycles. The molecule has 0 atom stereocenters. The molecule has 1 aromatic rings. The summed E-state index contributed by atoms with van der Waals surface area (Å²) in [5.74, 6) is -1.31. The monoisotopic (exact) mass is 249 g/mol. The highest BCUT2D eigenvalue weighted by molar-refractivity contribution is 5.97. The predicted molar refractivity (Wildman–Crippen MR) is 67.7 cm³/mol. The Morgan fingerprint density at radius 2 is 1.83 bits per heavy atom. The van der Waals surface area contributed by atoms with Gasteiger partial charge in [0.25, 0.3) is 0 Å². The van der Waals surface area contributed by atoms with Gasteiger partial charge in [0.05, 0.1) is 6.42 Å². The molecule has 18 heavy (non-hydrogen) atoms. The molecule has 0 aliphatic carbocycles. The summed E-state index contributed by atoms with van der Waals surface area (Å²) in [5.41, 5.74) is 6.53. The number of nitrogens with two attached hydrogens (primary N) is 1. The number of nitrogen functional groups attached to an aromatic ring is 1. The molecule has 1 aromatic carbocycles. The Hall–Kier alpha value is -2.37.